The number of hydrogen-bond donors (Lipinski definition) is 0. The molecule has 0 saturated carbocycles. The van der Waals surface area contributed by atoms with Gasteiger partial charge in [0.1, 0.15) is 5.75 Å². The highest BCUT2D eigenvalue weighted by atomic mass is 16.5. The van der Waals surface area contributed by atoms with Gasteiger partial charge in [0.15, 0.2) is 12.4 Å². The van der Waals surface area contributed by atoms with Crippen LogP contribution in [-0.2, 0) is 9.53 Å². The van der Waals surface area contributed by atoms with Crippen LogP contribution >= 0.6 is 0 Å². The van der Waals surface area contributed by atoms with Gasteiger partial charge in [-0.25, -0.2) is 4.79 Å². The summed E-state index contributed by atoms with van der Waals surface area (Å²) in [6.45, 7) is 3.31. The zero-order valence-corrected chi connectivity index (χ0v) is 10.7. The zero-order chi connectivity index (χ0) is 13.5. The van der Waals surface area contributed by atoms with Gasteiger partial charge in [-0.1, -0.05) is 5.57 Å². The first kappa shape index (κ1) is 14.0. The normalized spacial score (nSPS) is 9.50. The number of carbonyl (C=O) groups excluding carboxylic acids is 2. The van der Waals surface area contributed by atoms with Gasteiger partial charge in [-0.2, -0.15) is 0 Å². The molecule has 4 nitrogen and oxygen atoms in total. The number of methoxy groups -OCH3 is 1. The molecule has 1 aromatic carbocycles. The van der Waals surface area contributed by atoms with Gasteiger partial charge in [-0.15, -0.1) is 0 Å². The molecule has 1 rings (SSSR count). The van der Waals surface area contributed by atoms with Crippen LogP contribution in [0.25, 0.3) is 0 Å². The van der Waals surface area contributed by atoms with E-state index >= 15 is 0 Å². The molecule has 0 aliphatic rings. The van der Waals surface area contributed by atoms with E-state index in [1.807, 2.05) is 0 Å². The van der Waals surface area contributed by atoms with Crippen molar-refractivity contribution in [2.45, 2.75) is 13.8 Å². The van der Waals surface area contributed by atoms with Crippen molar-refractivity contribution in [2.24, 2.45) is 0 Å². The SMILES string of the molecule is COc1ccc(C(=O)COC(=O)C=C(C)C)cc1. The number of carbonyl (C=O) groups is 2. The molecule has 18 heavy (non-hydrogen) atoms. The fourth-order valence-electron chi connectivity index (χ4n) is 1.27. The number of ketones is 1. The fraction of sp³-hybridized carbons (Fsp3) is 0.286. The Balaban J connectivity index is 2.55. The second-order valence-corrected chi connectivity index (χ2v) is 3.98. The van der Waals surface area contributed by atoms with Gasteiger partial charge >= 0.3 is 5.97 Å². The van der Waals surface area contributed by atoms with Crippen molar-refractivity contribution in [1.82, 2.24) is 0 Å². The van der Waals surface area contributed by atoms with E-state index in [0.29, 0.717) is 11.3 Å². The lowest BCUT2D eigenvalue weighted by atomic mass is 10.1. The standard InChI is InChI=1S/C14H16O4/c1-10(2)8-14(16)18-9-13(15)11-4-6-12(17-3)7-5-11/h4-8H,9H2,1-3H3. The lowest BCUT2D eigenvalue weighted by molar-refractivity contribution is -0.136. The van der Waals surface area contributed by atoms with Crippen molar-refractivity contribution < 1.29 is 19.1 Å². The average Bonchev–Trinajstić information content (AvgIpc) is 2.35. The molecule has 0 heterocycles. The van der Waals surface area contributed by atoms with Crippen LogP contribution in [0.15, 0.2) is 35.9 Å². The third-order valence-electron chi connectivity index (χ3n) is 2.16. The maximum Gasteiger partial charge on any atom is 0.331 e. The van der Waals surface area contributed by atoms with Crippen LogP contribution in [0.5, 0.6) is 5.75 Å². The molecule has 0 unspecified atom stereocenters. The van der Waals surface area contributed by atoms with E-state index in [0.717, 1.165) is 5.57 Å². The maximum absolute atomic E-state index is 11.7. The Hall–Kier alpha value is -2.10. The molecular weight excluding hydrogens is 232 g/mol. The molecule has 0 radical (unpaired) electrons. The quantitative estimate of drug-likeness (QED) is 0.456. The Morgan fingerprint density at radius 1 is 1.17 bits per heavy atom. The molecule has 0 N–H and O–H groups in total. The number of Topliss-reactive ketones (excluding diaryl/α,β-unsaturated/α-hetero) is 1. The maximum atomic E-state index is 11.7. The number of allylic oxidation sites excluding steroid dienone is 1. The summed E-state index contributed by atoms with van der Waals surface area (Å²) in [6.07, 6.45) is 1.35. The van der Waals surface area contributed by atoms with Crippen LogP contribution in [0.3, 0.4) is 0 Å². The van der Waals surface area contributed by atoms with Crippen molar-refractivity contribution >= 4 is 11.8 Å². The van der Waals surface area contributed by atoms with Crippen LogP contribution in [0.4, 0.5) is 0 Å². The number of benzene rings is 1. The largest absolute Gasteiger partial charge is 0.497 e. The highest BCUT2D eigenvalue weighted by molar-refractivity contribution is 5.98. The molecule has 0 atom stereocenters. The van der Waals surface area contributed by atoms with Crippen LogP contribution < -0.4 is 4.74 Å². The topological polar surface area (TPSA) is 52.6 Å². The molecule has 0 aromatic heterocycles. The number of ether oxygens (including phenoxy) is 2. The van der Waals surface area contributed by atoms with Crippen molar-refractivity contribution in [3.05, 3.63) is 41.5 Å². The summed E-state index contributed by atoms with van der Waals surface area (Å²) in [5, 5.41) is 0. The first-order valence-corrected chi connectivity index (χ1v) is 5.52. The van der Waals surface area contributed by atoms with Crippen molar-refractivity contribution in [2.75, 3.05) is 13.7 Å². The Morgan fingerprint density at radius 3 is 2.28 bits per heavy atom. The summed E-state index contributed by atoms with van der Waals surface area (Å²) >= 11 is 0. The molecule has 0 aliphatic carbocycles. The molecule has 0 amide bonds. The molecular formula is C14H16O4. The lowest BCUT2D eigenvalue weighted by Gasteiger charge is -2.03. The monoisotopic (exact) mass is 248 g/mol. The second-order valence-electron chi connectivity index (χ2n) is 3.98. The molecule has 4 heteroatoms. The van der Waals surface area contributed by atoms with Gasteiger partial charge in [0, 0.05) is 11.6 Å². The molecule has 0 fully saturated rings. The summed E-state index contributed by atoms with van der Waals surface area (Å²) in [4.78, 5) is 22.9. The van der Waals surface area contributed by atoms with E-state index in [1.165, 1.54) is 6.08 Å². The Morgan fingerprint density at radius 2 is 1.78 bits per heavy atom. The summed E-state index contributed by atoms with van der Waals surface area (Å²) < 4.78 is 9.82. The highest BCUT2D eigenvalue weighted by Gasteiger charge is 2.08. The molecule has 0 bridgehead atoms. The summed E-state index contributed by atoms with van der Waals surface area (Å²) in [5.41, 5.74) is 1.32. The van der Waals surface area contributed by atoms with Crippen molar-refractivity contribution in [3.63, 3.8) is 0 Å². The van der Waals surface area contributed by atoms with Gasteiger partial charge < -0.3 is 9.47 Å². The van der Waals surface area contributed by atoms with E-state index in [9.17, 15) is 9.59 Å². The average molecular weight is 248 g/mol. The van der Waals surface area contributed by atoms with E-state index in [2.05, 4.69) is 0 Å². The minimum atomic E-state index is -0.503. The third kappa shape index (κ3) is 4.41. The molecule has 96 valence electrons. The minimum Gasteiger partial charge on any atom is -0.497 e. The second kappa shape index (κ2) is 6.59. The van der Waals surface area contributed by atoms with E-state index in [-0.39, 0.29) is 12.4 Å². The smallest absolute Gasteiger partial charge is 0.331 e. The van der Waals surface area contributed by atoms with Crippen LogP contribution in [-0.4, -0.2) is 25.5 Å². The van der Waals surface area contributed by atoms with Gasteiger partial charge in [-0.05, 0) is 38.1 Å². The van der Waals surface area contributed by atoms with Gasteiger partial charge in [0.2, 0.25) is 0 Å². The van der Waals surface area contributed by atoms with E-state index in [4.69, 9.17) is 9.47 Å². The van der Waals surface area contributed by atoms with E-state index in [1.54, 1.807) is 45.2 Å². The molecule has 0 spiro atoms. The van der Waals surface area contributed by atoms with E-state index < -0.39 is 5.97 Å². The lowest BCUT2D eigenvalue weighted by Crippen LogP contribution is -2.12. The first-order valence-electron chi connectivity index (χ1n) is 5.52. The Labute approximate surface area is 106 Å². The summed E-state index contributed by atoms with van der Waals surface area (Å²) in [7, 11) is 1.55. The van der Waals surface area contributed by atoms with Gasteiger partial charge in [0.25, 0.3) is 0 Å². The number of esters is 1. The predicted molar refractivity (Wildman–Crippen MR) is 67.7 cm³/mol. The third-order valence-corrected chi connectivity index (χ3v) is 2.16. The first-order chi connectivity index (χ1) is 8.52. The fourth-order valence-corrected chi connectivity index (χ4v) is 1.27. The Bertz CT molecular complexity index is 453. The zero-order valence-electron chi connectivity index (χ0n) is 10.7. The predicted octanol–water partition coefficient (Wildman–Crippen LogP) is 2.39. The molecule has 0 saturated heterocycles. The van der Waals surface area contributed by atoms with Crippen LogP contribution in [0.2, 0.25) is 0 Å². The van der Waals surface area contributed by atoms with Crippen molar-refractivity contribution in [3.8, 4) is 5.75 Å². The number of hydrogen-bond acceptors (Lipinski definition) is 4. The van der Waals surface area contributed by atoms with Crippen molar-refractivity contribution in [1.29, 1.82) is 0 Å². The number of rotatable bonds is 5. The molecule has 0 aliphatic heterocycles. The van der Waals surface area contributed by atoms with Crippen LogP contribution in [0.1, 0.15) is 24.2 Å². The summed E-state index contributed by atoms with van der Waals surface area (Å²) in [5.74, 6) is -0.0712. The van der Waals surface area contributed by atoms with Gasteiger partial charge in [-0.3, -0.25) is 4.79 Å². The molecule has 1 aromatic rings. The highest BCUT2D eigenvalue weighted by Crippen LogP contribution is 2.11. The van der Waals surface area contributed by atoms with Crippen LogP contribution in [0, 0.1) is 0 Å². The minimum absolute atomic E-state index is 0.242. The van der Waals surface area contributed by atoms with Gasteiger partial charge in [0.05, 0.1) is 7.11 Å². The Kier molecular flexibility index (Phi) is 5.11. The summed E-state index contributed by atoms with van der Waals surface area (Å²) in [6, 6.07) is 6.64.